The van der Waals surface area contributed by atoms with Gasteiger partial charge in [-0.05, 0) is 73.4 Å². The molecule has 0 bridgehead atoms. The number of benzene rings is 1. The van der Waals surface area contributed by atoms with E-state index in [9.17, 15) is 0 Å². The summed E-state index contributed by atoms with van der Waals surface area (Å²) < 4.78 is 6.13. The Labute approximate surface area is 184 Å². The topological polar surface area (TPSA) is 22.1 Å². The SMILES string of the molecule is CCCCCC[C@H]1CC[C@H](COc2ccc(-c3ccc(CCCC)cn3)cc2)CC1. The normalized spacial score (nSPS) is 19.0. The first-order valence-corrected chi connectivity index (χ1v) is 12.5. The van der Waals surface area contributed by atoms with Crippen molar-refractivity contribution in [1.82, 2.24) is 4.98 Å². The minimum atomic E-state index is 0.730. The van der Waals surface area contributed by atoms with Gasteiger partial charge in [-0.25, -0.2) is 0 Å². The van der Waals surface area contributed by atoms with E-state index in [-0.39, 0.29) is 0 Å². The lowest BCUT2D eigenvalue weighted by molar-refractivity contribution is 0.177. The van der Waals surface area contributed by atoms with Crippen LogP contribution < -0.4 is 4.74 Å². The summed E-state index contributed by atoms with van der Waals surface area (Å²) in [5.41, 5.74) is 3.53. The van der Waals surface area contributed by atoms with E-state index in [0.717, 1.165) is 41.9 Å². The Morgan fingerprint density at radius 1 is 0.800 bits per heavy atom. The van der Waals surface area contributed by atoms with Crippen molar-refractivity contribution in [3.05, 3.63) is 48.2 Å². The molecule has 1 aliphatic carbocycles. The minimum Gasteiger partial charge on any atom is -0.493 e. The summed E-state index contributed by atoms with van der Waals surface area (Å²) in [6.07, 6.45) is 18.1. The van der Waals surface area contributed by atoms with Gasteiger partial charge in [-0.1, -0.05) is 71.3 Å². The fourth-order valence-corrected chi connectivity index (χ4v) is 4.61. The van der Waals surface area contributed by atoms with Crippen molar-refractivity contribution in [2.24, 2.45) is 11.8 Å². The number of aromatic nitrogens is 1. The Hall–Kier alpha value is -1.83. The zero-order chi connectivity index (χ0) is 21.0. The molecule has 1 heterocycles. The second kappa shape index (κ2) is 12.8. The Morgan fingerprint density at radius 2 is 1.53 bits per heavy atom. The molecule has 164 valence electrons. The van der Waals surface area contributed by atoms with Gasteiger partial charge in [-0.15, -0.1) is 0 Å². The van der Waals surface area contributed by atoms with Gasteiger partial charge in [0.25, 0.3) is 0 Å². The quantitative estimate of drug-likeness (QED) is 0.330. The molecule has 1 aromatic carbocycles. The molecule has 1 aromatic heterocycles. The molecule has 0 spiro atoms. The maximum absolute atomic E-state index is 6.13. The molecule has 0 aliphatic heterocycles. The number of aryl methyl sites for hydroxylation is 1. The smallest absolute Gasteiger partial charge is 0.119 e. The van der Waals surface area contributed by atoms with E-state index < -0.39 is 0 Å². The number of hydrogen-bond acceptors (Lipinski definition) is 2. The van der Waals surface area contributed by atoms with Crippen molar-refractivity contribution in [2.75, 3.05) is 6.61 Å². The van der Waals surface area contributed by atoms with Gasteiger partial charge in [0.2, 0.25) is 0 Å². The van der Waals surface area contributed by atoms with Gasteiger partial charge < -0.3 is 4.74 Å². The predicted molar refractivity (Wildman–Crippen MR) is 128 cm³/mol. The maximum atomic E-state index is 6.13. The third-order valence-electron chi connectivity index (χ3n) is 6.71. The molecular weight excluding hydrogens is 366 g/mol. The second-order valence-corrected chi connectivity index (χ2v) is 9.23. The van der Waals surface area contributed by atoms with Crippen molar-refractivity contribution in [3.8, 4) is 17.0 Å². The number of ether oxygens (including phenoxy) is 1. The van der Waals surface area contributed by atoms with Crippen LogP contribution >= 0.6 is 0 Å². The van der Waals surface area contributed by atoms with E-state index in [1.165, 1.54) is 76.2 Å². The zero-order valence-electron chi connectivity index (χ0n) is 19.2. The number of pyridine rings is 1. The van der Waals surface area contributed by atoms with Crippen LogP contribution in [0, 0.1) is 11.8 Å². The Morgan fingerprint density at radius 3 is 2.20 bits per heavy atom. The van der Waals surface area contributed by atoms with Gasteiger partial charge in [0.05, 0.1) is 12.3 Å². The van der Waals surface area contributed by atoms with Gasteiger partial charge in [0.15, 0.2) is 0 Å². The molecule has 0 radical (unpaired) electrons. The van der Waals surface area contributed by atoms with Crippen LogP contribution in [0.15, 0.2) is 42.6 Å². The summed E-state index contributed by atoms with van der Waals surface area (Å²) >= 11 is 0. The fourth-order valence-electron chi connectivity index (χ4n) is 4.61. The lowest BCUT2D eigenvalue weighted by Gasteiger charge is -2.28. The van der Waals surface area contributed by atoms with Gasteiger partial charge >= 0.3 is 0 Å². The number of unbranched alkanes of at least 4 members (excludes halogenated alkanes) is 4. The standard InChI is InChI=1S/C28H41NO/c1-3-5-7-8-10-23-11-13-25(14-12-23)22-30-27-18-16-26(17-19-27)28-20-15-24(21-29-28)9-6-4-2/h15-21,23,25H,3-14,22H2,1-2H3/t23-,25-. The first-order valence-electron chi connectivity index (χ1n) is 12.5. The lowest BCUT2D eigenvalue weighted by atomic mass is 9.80. The Kier molecular flexibility index (Phi) is 9.73. The molecule has 30 heavy (non-hydrogen) atoms. The van der Waals surface area contributed by atoms with Crippen molar-refractivity contribution < 1.29 is 4.74 Å². The van der Waals surface area contributed by atoms with Gasteiger partial charge in [0, 0.05) is 11.8 Å². The van der Waals surface area contributed by atoms with E-state index in [1.807, 2.05) is 6.20 Å². The van der Waals surface area contributed by atoms with Crippen molar-refractivity contribution in [3.63, 3.8) is 0 Å². The van der Waals surface area contributed by atoms with Crippen LogP contribution in [0.1, 0.15) is 90.0 Å². The van der Waals surface area contributed by atoms with E-state index in [1.54, 1.807) is 0 Å². The summed E-state index contributed by atoms with van der Waals surface area (Å²) in [4.78, 5) is 4.65. The third kappa shape index (κ3) is 7.45. The highest BCUT2D eigenvalue weighted by atomic mass is 16.5. The van der Waals surface area contributed by atoms with Crippen molar-refractivity contribution in [2.45, 2.75) is 90.9 Å². The van der Waals surface area contributed by atoms with Gasteiger partial charge in [-0.2, -0.15) is 0 Å². The molecule has 0 amide bonds. The van der Waals surface area contributed by atoms with E-state index >= 15 is 0 Å². The summed E-state index contributed by atoms with van der Waals surface area (Å²) in [6.45, 7) is 5.39. The molecule has 3 rings (SSSR count). The Bertz CT molecular complexity index is 698. The van der Waals surface area contributed by atoms with Crippen LogP contribution in [0.5, 0.6) is 5.75 Å². The first-order chi connectivity index (χ1) is 14.8. The number of hydrogen-bond donors (Lipinski definition) is 0. The van der Waals surface area contributed by atoms with Crippen LogP contribution in [0.25, 0.3) is 11.3 Å². The summed E-state index contributed by atoms with van der Waals surface area (Å²) in [6, 6.07) is 12.8. The minimum absolute atomic E-state index is 0.730. The fraction of sp³-hybridized carbons (Fsp3) is 0.607. The van der Waals surface area contributed by atoms with Gasteiger partial charge in [0.1, 0.15) is 5.75 Å². The highest BCUT2D eigenvalue weighted by Crippen LogP contribution is 2.32. The molecule has 1 aliphatic rings. The van der Waals surface area contributed by atoms with Crippen LogP contribution in [0.3, 0.4) is 0 Å². The summed E-state index contributed by atoms with van der Waals surface area (Å²) in [5.74, 6) is 2.69. The lowest BCUT2D eigenvalue weighted by Crippen LogP contribution is -2.20. The molecule has 0 unspecified atom stereocenters. The number of rotatable bonds is 12. The highest BCUT2D eigenvalue weighted by Gasteiger charge is 2.21. The van der Waals surface area contributed by atoms with Crippen LogP contribution in [-0.4, -0.2) is 11.6 Å². The van der Waals surface area contributed by atoms with E-state index in [2.05, 4.69) is 55.2 Å². The second-order valence-electron chi connectivity index (χ2n) is 9.23. The molecule has 2 aromatic rings. The monoisotopic (exact) mass is 407 g/mol. The maximum Gasteiger partial charge on any atom is 0.119 e. The van der Waals surface area contributed by atoms with Crippen LogP contribution in [0.2, 0.25) is 0 Å². The molecule has 1 fully saturated rings. The average molecular weight is 408 g/mol. The molecule has 2 nitrogen and oxygen atoms in total. The van der Waals surface area contributed by atoms with Crippen LogP contribution in [0.4, 0.5) is 0 Å². The molecular formula is C28H41NO. The van der Waals surface area contributed by atoms with Crippen molar-refractivity contribution >= 4 is 0 Å². The molecule has 1 saturated carbocycles. The molecule has 0 atom stereocenters. The first kappa shape index (κ1) is 22.8. The highest BCUT2D eigenvalue weighted by molar-refractivity contribution is 5.60. The zero-order valence-corrected chi connectivity index (χ0v) is 19.2. The largest absolute Gasteiger partial charge is 0.493 e. The predicted octanol–water partition coefficient (Wildman–Crippen LogP) is 8.25. The summed E-state index contributed by atoms with van der Waals surface area (Å²) in [7, 11) is 0. The molecule has 2 heteroatoms. The molecule has 0 saturated heterocycles. The average Bonchev–Trinajstić information content (AvgIpc) is 2.81. The third-order valence-corrected chi connectivity index (χ3v) is 6.71. The van der Waals surface area contributed by atoms with Gasteiger partial charge in [-0.3, -0.25) is 4.98 Å². The van der Waals surface area contributed by atoms with Crippen LogP contribution in [-0.2, 0) is 6.42 Å². The number of nitrogens with zero attached hydrogens (tertiary/aromatic N) is 1. The molecule has 0 N–H and O–H groups in total. The van der Waals surface area contributed by atoms with Crippen molar-refractivity contribution in [1.29, 1.82) is 0 Å². The Balaban J connectivity index is 1.39. The van der Waals surface area contributed by atoms with E-state index in [0.29, 0.717) is 0 Å². The summed E-state index contributed by atoms with van der Waals surface area (Å²) in [5, 5.41) is 0. The van der Waals surface area contributed by atoms with E-state index in [4.69, 9.17) is 4.74 Å².